The molecule has 2 nitrogen and oxygen atoms in total. The monoisotopic (exact) mass is 220 g/mol. The van der Waals surface area contributed by atoms with E-state index in [0.717, 1.165) is 12.8 Å². The fourth-order valence-corrected chi connectivity index (χ4v) is 1.72. The van der Waals surface area contributed by atoms with Gasteiger partial charge in [-0.15, -0.1) is 0 Å². The molecule has 0 bridgehead atoms. The van der Waals surface area contributed by atoms with Crippen molar-refractivity contribution in [1.29, 1.82) is 0 Å². The number of esters is 1. The van der Waals surface area contributed by atoms with Crippen LogP contribution in [0.15, 0.2) is 36.0 Å². The van der Waals surface area contributed by atoms with Crippen LogP contribution in [-0.2, 0) is 9.53 Å². The smallest absolute Gasteiger partial charge is 0.331 e. The van der Waals surface area contributed by atoms with E-state index in [1.54, 1.807) is 0 Å². The molecule has 1 aliphatic rings. The second-order valence-corrected chi connectivity index (χ2v) is 4.03. The predicted octanol–water partition coefficient (Wildman–Crippen LogP) is 3.55. The maximum absolute atomic E-state index is 11.4. The third-order valence-corrected chi connectivity index (χ3v) is 2.53. The highest BCUT2D eigenvalue weighted by Crippen LogP contribution is 2.18. The Morgan fingerprint density at radius 3 is 2.94 bits per heavy atom. The van der Waals surface area contributed by atoms with E-state index in [1.807, 2.05) is 32.1 Å². The molecule has 0 saturated carbocycles. The fourth-order valence-electron chi connectivity index (χ4n) is 1.72. The van der Waals surface area contributed by atoms with E-state index in [4.69, 9.17) is 4.74 Å². The van der Waals surface area contributed by atoms with Gasteiger partial charge in [0.25, 0.3) is 0 Å². The molecule has 0 aliphatic heterocycles. The summed E-state index contributed by atoms with van der Waals surface area (Å²) in [5.74, 6) is -0.267. The van der Waals surface area contributed by atoms with E-state index < -0.39 is 0 Å². The number of rotatable bonds is 4. The highest BCUT2D eigenvalue weighted by atomic mass is 16.5. The molecule has 0 radical (unpaired) electrons. The molecule has 0 fully saturated rings. The van der Waals surface area contributed by atoms with Crippen molar-refractivity contribution in [3.8, 4) is 0 Å². The number of carbonyl (C=O) groups excluding carboxylic acids is 1. The Morgan fingerprint density at radius 1 is 1.50 bits per heavy atom. The molecule has 0 amide bonds. The van der Waals surface area contributed by atoms with Gasteiger partial charge >= 0.3 is 5.97 Å². The molecule has 2 heteroatoms. The Labute approximate surface area is 97.7 Å². The van der Waals surface area contributed by atoms with Crippen molar-refractivity contribution in [2.45, 2.75) is 45.6 Å². The van der Waals surface area contributed by atoms with Gasteiger partial charge in [-0.2, -0.15) is 0 Å². The SMILES string of the molecule is C/C=C\[C@@H](C)OC(=O)/C=C/C1=CCCCC1. The number of hydrogen-bond acceptors (Lipinski definition) is 2. The van der Waals surface area contributed by atoms with Crippen molar-refractivity contribution in [3.05, 3.63) is 36.0 Å². The van der Waals surface area contributed by atoms with Gasteiger partial charge in [0.05, 0.1) is 0 Å². The Morgan fingerprint density at radius 2 is 2.31 bits per heavy atom. The van der Waals surface area contributed by atoms with Gasteiger partial charge in [0.15, 0.2) is 0 Å². The summed E-state index contributed by atoms with van der Waals surface area (Å²) < 4.78 is 5.14. The first-order valence-corrected chi connectivity index (χ1v) is 5.93. The van der Waals surface area contributed by atoms with Crippen LogP contribution in [0.3, 0.4) is 0 Å². The number of carbonyl (C=O) groups is 1. The molecule has 0 aromatic carbocycles. The highest BCUT2D eigenvalue weighted by Gasteiger charge is 2.04. The molecule has 16 heavy (non-hydrogen) atoms. The molecule has 0 heterocycles. The molecule has 1 aliphatic carbocycles. The van der Waals surface area contributed by atoms with Crippen molar-refractivity contribution in [2.24, 2.45) is 0 Å². The topological polar surface area (TPSA) is 26.3 Å². The van der Waals surface area contributed by atoms with Gasteiger partial charge in [-0.25, -0.2) is 4.79 Å². The van der Waals surface area contributed by atoms with Gasteiger partial charge in [-0.3, -0.25) is 0 Å². The lowest BCUT2D eigenvalue weighted by Crippen LogP contribution is -2.10. The van der Waals surface area contributed by atoms with Crippen LogP contribution in [-0.4, -0.2) is 12.1 Å². The van der Waals surface area contributed by atoms with Crippen molar-refractivity contribution in [1.82, 2.24) is 0 Å². The average Bonchev–Trinajstić information content (AvgIpc) is 2.28. The second kappa shape index (κ2) is 7.04. The third-order valence-electron chi connectivity index (χ3n) is 2.53. The minimum Gasteiger partial charge on any atom is -0.455 e. The van der Waals surface area contributed by atoms with Crippen molar-refractivity contribution >= 4 is 5.97 Å². The molecule has 0 aromatic rings. The summed E-state index contributed by atoms with van der Waals surface area (Å²) in [5, 5.41) is 0. The van der Waals surface area contributed by atoms with Crippen LogP contribution in [0.25, 0.3) is 0 Å². The van der Waals surface area contributed by atoms with Crippen LogP contribution in [0.2, 0.25) is 0 Å². The molecular formula is C14H20O2. The zero-order chi connectivity index (χ0) is 11.8. The second-order valence-electron chi connectivity index (χ2n) is 4.03. The average molecular weight is 220 g/mol. The van der Waals surface area contributed by atoms with E-state index in [-0.39, 0.29) is 12.1 Å². The minimum atomic E-state index is -0.267. The van der Waals surface area contributed by atoms with E-state index in [2.05, 4.69) is 6.08 Å². The van der Waals surface area contributed by atoms with E-state index in [9.17, 15) is 4.79 Å². The predicted molar refractivity (Wildman–Crippen MR) is 66.1 cm³/mol. The van der Waals surface area contributed by atoms with Crippen LogP contribution < -0.4 is 0 Å². The summed E-state index contributed by atoms with van der Waals surface area (Å²) in [4.78, 5) is 11.4. The number of allylic oxidation sites excluding steroid dienone is 4. The maximum Gasteiger partial charge on any atom is 0.331 e. The van der Waals surface area contributed by atoms with Crippen molar-refractivity contribution < 1.29 is 9.53 Å². The number of hydrogen-bond donors (Lipinski definition) is 0. The Kier molecular flexibility index (Phi) is 5.62. The van der Waals surface area contributed by atoms with Crippen LogP contribution in [0.4, 0.5) is 0 Å². The van der Waals surface area contributed by atoms with Gasteiger partial charge in [-0.05, 0) is 45.6 Å². The first-order valence-electron chi connectivity index (χ1n) is 5.93. The molecule has 1 atom stereocenters. The van der Waals surface area contributed by atoms with Gasteiger partial charge in [0, 0.05) is 6.08 Å². The van der Waals surface area contributed by atoms with Crippen LogP contribution in [0.1, 0.15) is 39.5 Å². The molecule has 0 aromatic heterocycles. The van der Waals surface area contributed by atoms with Gasteiger partial charge < -0.3 is 4.74 Å². The summed E-state index contributed by atoms with van der Waals surface area (Å²) in [6, 6.07) is 0. The fraction of sp³-hybridized carbons (Fsp3) is 0.500. The lowest BCUT2D eigenvalue weighted by Gasteiger charge is -2.09. The van der Waals surface area contributed by atoms with Crippen LogP contribution in [0.5, 0.6) is 0 Å². The maximum atomic E-state index is 11.4. The standard InChI is InChI=1S/C14H20O2/c1-3-7-12(2)16-14(15)11-10-13-8-5-4-6-9-13/h3,7-8,10-12H,4-6,9H2,1-2H3/b7-3-,11-10+/t12-/m1/s1. The first-order chi connectivity index (χ1) is 7.72. The molecule has 0 saturated heterocycles. The lowest BCUT2D eigenvalue weighted by atomic mass is 9.99. The third kappa shape index (κ3) is 4.96. The Balaban J connectivity index is 2.38. The quantitative estimate of drug-likeness (QED) is 0.411. The summed E-state index contributed by atoms with van der Waals surface area (Å²) in [5.41, 5.74) is 1.25. The van der Waals surface area contributed by atoms with Gasteiger partial charge in [-0.1, -0.05) is 23.8 Å². The normalized spacial score (nSPS) is 18.8. The first kappa shape index (κ1) is 12.8. The Bertz CT molecular complexity index is 311. The summed E-state index contributed by atoms with van der Waals surface area (Å²) in [7, 11) is 0. The van der Waals surface area contributed by atoms with E-state index in [1.165, 1.54) is 24.5 Å². The molecule has 1 rings (SSSR count). The lowest BCUT2D eigenvalue weighted by molar-refractivity contribution is -0.140. The van der Waals surface area contributed by atoms with Crippen LogP contribution >= 0.6 is 0 Å². The molecule has 88 valence electrons. The number of ether oxygens (including phenoxy) is 1. The minimum absolute atomic E-state index is 0.150. The van der Waals surface area contributed by atoms with Gasteiger partial charge in [0.1, 0.15) is 6.10 Å². The molecule has 0 spiro atoms. The highest BCUT2D eigenvalue weighted by molar-refractivity contribution is 5.82. The zero-order valence-electron chi connectivity index (χ0n) is 10.1. The summed E-state index contributed by atoms with van der Waals surface area (Å²) >= 11 is 0. The van der Waals surface area contributed by atoms with E-state index >= 15 is 0 Å². The van der Waals surface area contributed by atoms with Crippen molar-refractivity contribution in [2.75, 3.05) is 0 Å². The van der Waals surface area contributed by atoms with Gasteiger partial charge in [0.2, 0.25) is 0 Å². The summed E-state index contributed by atoms with van der Waals surface area (Å²) in [6.45, 7) is 3.76. The van der Waals surface area contributed by atoms with E-state index in [0.29, 0.717) is 0 Å². The largest absolute Gasteiger partial charge is 0.455 e. The van der Waals surface area contributed by atoms with Crippen LogP contribution in [0, 0.1) is 0 Å². The van der Waals surface area contributed by atoms with Crippen molar-refractivity contribution in [3.63, 3.8) is 0 Å². The zero-order valence-corrected chi connectivity index (χ0v) is 10.1. The Hall–Kier alpha value is -1.31. The molecule has 0 unspecified atom stereocenters. The molecular weight excluding hydrogens is 200 g/mol. The summed E-state index contributed by atoms with van der Waals surface area (Å²) in [6.07, 6.45) is 13.9. The molecule has 0 N–H and O–H groups in total.